The van der Waals surface area contributed by atoms with Gasteiger partial charge in [-0.05, 0) is 19.1 Å². The highest BCUT2D eigenvalue weighted by atomic mass is 16.3. The zero-order valence-electron chi connectivity index (χ0n) is 6.15. The molecule has 3 nitrogen and oxygen atoms in total. The molecule has 0 bridgehead atoms. The number of rotatable bonds is 1. The van der Waals surface area contributed by atoms with E-state index >= 15 is 0 Å². The minimum atomic E-state index is -0.608. The van der Waals surface area contributed by atoms with E-state index in [0.717, 1.165) is 0 Å². The maximum absolute atomic E-state index is 9.07. The maximum Gasteiger partial charge on any atom is 0.0992 e. The van der Waals surface area contributed by atoms with Gasteiger partial charge in [0.15, 0.2) is 0 Å². The average molecular weight is 148 g/mol. The summed E-state index contributed by atoms with van der Waals surface area (Å²) in [6.45, 7) is 1.61. The number of aromatic nitrogens is 1. The van der Waals surface area contributed by atoms with Gasteiger partial charge in [-0.15, -0.1) is 0 Å². The summed E-state index contributed by atoms with van der Waals surface area (Å²) in [7, 11) is 0. The van der Waals surface area contributed by atoms with Crippen LogP contribution in [0.25, 0.3) is 0 Å². The van der Waals surface area contributed by atoms with Crippen LogP contribution >= 0.6 is 0 Å². The first-order chi connectivity index (χ1) is 5.24. The summed E-state index contributed by atoms with van der Waals surface area (Å²) in [4.78, 5) is 3.89. The predicted octanol–water partition coefficient (Wildman–Crippen LogP) is 1.01. The molecule has 0 amide bonds. The lowest BCUT2D eigenvalue weighted by Crippen LogP contribution is -1.94. The second kappa shape index (κ2) is 3.13. The van der Waals surface area contributed by atoms with E-state index in [-0.39, 0.29) is 0 Å². The van der Waals surface area contributed by atoms with E-state index in [1.807, 2.05) is 6.07 Å². The van der Waals surface area contributed by atoms with Gasteiger partial charge in [-0.2, -0.15) is 5.26 Å². The van der Waals surface area contributed by atoms with Crippen LogP contribution in [0.4, 0.5) is 0 Å². The zero-order valence-corrected chi connectivity index (χ0v) is 6.15. The third-order valence-electron chi connectivity index (χ3n) is 1.34. The van der Waals surface area contributed by atoms with Crippen molar-refractivity contribution in [2.45, 2.75) is 13.0 Å². The van der Waals surface area contributed by atoms with E-state index in [4.69, 9.17) is 10.4 Å². The molecule has 1 unspecified atom stereocenters. The van der Waals surface area contributed by atoms with E-state index in [2.05, 4.69) is 4.98 Å². The lowest BCUT2D eigenvalue weighted by molar-refractivity contribution is 0.194. The number of hydrogen-bond donors (Lipinski definition) is 1. The Labute approximate surface area is 64.9 Å². The maximum atomic E-state index is 9.07. The van der Waals surface area contributed by atoms with Gasteiger partial charge in [-0.3, -0.25) is 4.98 Å². The number of aliphatic hydroxyl groups excluding tert-OH is 1. The fourth-order valence-electron chi connectivity index (χ4n) is 0.746. The molecule has 0 fully saturated rings. The van der Waals surface area contributed by atoms with Gasteiger partial charge in [0.2, 0.25) is 0 Å². The minimum Gasteiger partial charge on any atom is -0.387 e. The van der Waals surface area contributed by atoms with Crippen LogP contribution in [-0.4, -0.2) is 10.1 Å². The Morgan fingerprint density at radius 2 is 2.45 bits per heavy atom. The molecule has 0 saturated carbocycles. The van der Waals surface area contributed by atoms with E-state index in [1.165, 1.54) is 6.20 Å². The predicted molar refractivity (Wildman–Crippen MR) is 39.6 cm³/mol. The fraction of sp³-hybridized carbons (Fsp3) is 0.250. The highest BCUT2D eigenvalue weighted by molar-refractivity contribution is 5.29. The first-order valence-electron chi connectivity index (χ1n) is 3.28. The molecule has 1 rings (SSSR count). The Morgan fingerprint density at radius 3 is 3.00 bits per heavy atom. The Kier molecular flexibility index (Phi) is 2.19. The number of nitrogens with zero attached hydrogens (tertiary/aromatic N) is 2. The molecule has 56 valence electrons. The highest BCUT2D eigenvalue weighted by Crippen LogP contribution is 2.08. The molecule has 1 aromatic heterocycles. The third kappa shape index (κ3) is 1.76. The van der Waals surface area contributed by atoms with Crippen molar-refractivity contribution in [2.24, 2.45) is 0 Å². The van der Waals surface area contributed by atoms with E-state index in [9.17, 15) is 0 Å². The average Bonchev–Trinajstić information content (AvgIpc) is 2.05. The standard InChI is InChI=1S/C8H8N2O/c1-6(11)8-4-7(5-9)2-3-10-8/h2-4,6,11H,1H3. The molecular formula is C8H8N2O. The number of aliphatic hydroxyl groups is 1. The lowest BCUT2D eigenvalue weighted by Gasteiger charge is -2.01. The van der Waals surface area contributed by atoms with Crippen LogP contribution in [0.2, 0.25) is 0 Å². The van der Waals surface area contributed by atoms with Gasteiger partial charge in [0, 0.05) is 6.20 Å². The van der Waals surface area contributed by atoms with Crippen LogP contribution in [0.5, 0.6) is 0 Å². The highest BCUT2D eigenvalue weighted by Gasteiger charge is 2.01. The van der Waals surface area contributed by atoms with Crippen LogP contribution in [0.15, 0.2) is 18.3 Å². The minimum absolute atomic E-state index is 0.524. The fourth-order valence-corrected chi connectivity index (χ4v) is 0.746. The quantitative estimate of drug-likeness (QED) is 0.646. The second-order valence-electron chi connectivity index (χ2n) is 2.26. The lowest BCUT2D eigenvalue weighted by atomic mass is 10.2. The summed E-state index contributed by atoms with van der Waals surface area (Å²) in [5.74, 6) is 0. The Bertz CT molecular complexity index is 288. The molecule has 0 aliphatic rings. The summed E-state index contributed by atoms with van der Waals surface area (Å²) < 4.78 is 0. The van der Waals surface area contributed by atoms with Gasteiger partial charge in [-0.1, -0.05) is 0 Å². The molecule has 1 heterocycles. The molecule has 0 spiro atoms. The van der Waals surface area contributed by atoms with Crippen LogP contribution in [-0.2, 0) is 0 Å². The first kappa shape index (κ1) is 7.70. The van der Waals surface area contributed by atoms with Crippen LogP contribution in [0.1, 0.15) is 24.3 Å². The topological polar surface area (TPSA) is 56.9 Å². The molecule has 1 N–H and O–H groups in total. The van der Waals surface area contributed by atoms with Crippen molar-refractivity contribution < 1.29 is 5.11 Å². The molecule has 0 saturated heterocycles. The Morgan fingerprint density at radius 1 is 1.73 bits per heavy atom. The molecule has 1 aromatic rings. The molecule has 0 radical (unpaired) electrons. The molecule has 11 heavy (non-hydrogen) atoms. The van der Waals surface area contributed by atoms with Gasteiger partial charge in [-0.25, -0.2) is 0 Å². The Hall–Kier alpha value is -1.40. The zero-order chi connectivity index (χ0) is 8.27. The molecule has 0 aliphatic carbocycles. The van der Waals surface area contributed by atoms with Gasteiger partial charge in [0.1, 0.15) is 0 Å². The summed E-state index contributed by atoms with van der Waals surface area (Å²) in [6.07, 6.45) is 0.906. The van der Waals surface area contributed by atoms with Crippen molar-refractivity contribution in [2.75, 3.05) is 0 Å². The smallest absolute Gasteiger partial charge is 0.0992 e. The van der Waals surface area contributed by atoms with E-state index in [1.54, 1.807) is 19.1 Å². The first-order valence-corrected chi connectivity index (χ1v) is 3.28. The normalized spacial score (nSPS) is 12.1. The monoisotopic (exact) mass is 148 g/mol. The van der Waals surface area contributed by atoms with Gasteiger partial charge in [0.05, 0.1) is 23.4 Å². The Balaban J connectivity index is 3.03. The second-order valence-corrected chi connectivity index (χ2v) is 2.26. The van der Waals surface area contributed by atoms with Crippen molar-refractivity contribution in [1.29, 1.82) is 5.26 Å². The van der Waals surface area contributed by atoms with Gasteiger partial charge >= 0.3 is 0 Å². The summed E-state index contributed by atoms with van der Waals surface area (Å²) >= 11 is 0. The van der Waals surface area contributed by atoms with Crippen LogP contribution in [0, 0.1) is 11.3 Å². The largest absolute Gasteiger partial charge is 0.387 e. The number of nitriles is 1. The van der Waals surface area contributed by atoms with Crippen molar-refractivity contribution in [3.05, 3.63) is 29.6 Å². The molecule has 0 aromatic carbocycles. The molecule has 3 heteroatoms. The van der Waals surface area contributed by atoms with E-state index < -0.39 is 6.10 Å². The van der Waals surface area contributed by atoms with Crippen molar-refractivity contribution in [3.63, 3.8) is 0 Å². The van der Waals surface area contributed by atoms with Crippen molar-refractivity contribution in [3.8, 4) is 6.07 Å². The summed E-state index contributed by atoms with van der Waals surface area (Å²) in [6, 6.07) is 5.15. The summed E-state index contributed by atoms with van der Waals surface area (Å²) in [5.41, 5.74) is 1.06. The van der Waals surface area contributed by atoms with Crippen LogP contribution in [0.3, 0.4) is 0 Å². The van der Waals surface area contributed by atoms with Crippen LogP contribution < -0.4 is 0 Å². The number of pyridine rings is 1. The molecular weight excluding hydrogens is 140 g/mol. The molecule has 1 atom stereocenters. The van der Waals surface area contributed by atoms with Gasteiger partial charge in [0.25, 0.3) is 0 Å². The molecule has 0 aliphatic heterocycles. The third-order valence-corrected chi connectivity index (χ3v) is 1.34. The van der Waals surface area contributed by atoms with Crippen molar-refractivity contribution >= 4 is 0 Å². The number of hydrogen-bond acceptors (Lipinski definition) is 3. The van der Waals surface area contributed by atoms with Gasteiger partial charge < -0.3 is 5.11 Å². The SMILES string of the molecule is CC(O)c1cc(C#N)ccn1. The van der Waals surface area contributed by atoms with Crippen molar-refractivity contribution in [1.82, 2.24) is 4.98 Å². The van der Waals surface area contributed by atoms with E-state index in [0.29, 0.717) is 11.3 Å². The summed E-state index contributed by atoms with van der Waals surface area (Å²) in [5, 5.41) is 17.6.